The van der Waals surface area contributed by atoms with E-state index >= 15 is 0 Å². The van der Waals surface area contributed by atoms with E-state index in [1.165, 1.54) is 31.9 Å². The maximum absolute atomic E-state index is 11.3. The maximum Gasteiger partial charge on any atom is 0.252 e. The highest BCUT2D eigenvalue weighted by atomic mass is 16.3. The molecule has 1 saturated heterocycles. The minimum Gasteiger partial charge on any atom is -0.384 e. The van der Waals surface area contributed by atoms with Crippen molar-refractivity contribution in [2.45, 2.75) is 32.3 Å². The summed E-state index contributed by atoms with van der Waals surface area (Å²) in [7, 11) is 0. The quantitative estimate of drug-likeness (QED) is 0.860. The van der Waals surface area contributed by atoms with Crippen molar-refractivity contribution in [3.63, 3.8) is 0 Å². The van der Waals surface area contributed by atoms with Gasteiger partial charge in [-0.2, -0.15) is 0 Å². The Morgan fingerprint density at radius 2 is 1.83 bits per heavy atom. The third kappa shape index (κ3) is 3.23. The Morgan fingerprint density at radius 3 is 2.39 bits per heavy atom. The molecule has 1 atom stereocenters. The number of aliphatic hydroxyl groups excluding tert-OH is 1. The van der Waals surface area contributed by atoms with Gasteiger partial charge in [0.1, 0.15) is 6.10 Å². The molecule has 2 N–H and O–H groups in total. The van der Waals surface area contributed by atoms with Crippen LogP contribution in [0.5, 0.6) is 0 Å². The number of carbonyl (C=O) groups is 1. The predicted molar refractivity (Wildman–Crippen MR) is 72.8 cm³/mol. The van der Waals surface area contributed by atoms with Gasteiger partial charge < -0.3 is 15.3 Å². The van der Waals surface area contributed by atoms with Crippen molar-refractivity contribution in [2.24, 2.45) is 0 Å². The van der Waals surface area contributed by atoms with Gasteiger partial charge in [-0.05, 0) is 50.5 Å². The van der Waals surface area contributed by atoms with Gasteiger partial charge in [0.25, 0.3) is 5.91 Å². The fourth-order valence-corrected chi connectivity index (χ4v) is 2.15. The number of hydrogen-bond donors (Lipinski definition) is 2. The molecule has 1 unspecified atom stereocenters. The number of rotatable bonds is 3. The minimum absolute atomic E-state index is 0.374. The van der Waals surface area contributed by atoms with Crippen LogP contribution in [0.4, 0.5) is 11.4 Å². The van der Waals surface area contributed by atoms with Gasteiger partial charge in [0.2, 0.25) is 0 Å². The molecule has 1 aromatic rings. The normalized spacial score (nSPS) is 17.3. The molecule has 1 aromatic carbocycles. The van der Waals surface area contributed by atoms with Crippen molar-refractivity contribution in [3.8, 4) is 0 Å². The smallest absolute Gasteiger partial charge is 0.252 e. The zero-order valence-corrected chi connectivity index (χ0v) is 10.7. The molecule has 1 heterocycles. The fraction of sp³-hybridized carbons (Fsp3) is 0.500. The lowest BCUT2D eigenvalue weighted by atomic mass is 10.1. The van der Waals surface area contributed by atoms with Crippen LogP contribution in [0.3, 0.4) is 0 Å². The molecule has 4 nitrogen and oxygen atoms in total. The zero-order valence-electron chi connectivity index (χ0n) is 10.7. The Balaban J connectivity index is 1.98. The topological polar surface area (TPSA) is 52.6 Å². The standard InChI is InChI=1S/C14H20N2O2/c1-11(17)14(18)15-12-5-7-13(8-6-12)16-9-3-2-4-10-16/h5-8,11,17H,2-4,9-10H2,1H3,(H,15,18). The molecule has 1 aliphatic heterocycles. The summed E-state index contributed by atoms with van der Waals surface area (Å²) in [4.78, 5) is 13.7. The summed E-state index contributed by atoms with van der Waals surface area (Å²) in [6, 6.07) is 7.79. The molecule has 0 radical (unpaired) electrons. The number of nitrogens with one attached hydrogen (secondary N) is 1. The molecule has 2 rings (SSSR count). The van der Waals surface area contributed by atoms with Crippen molar-refractivity contribution in [3.05, 3.63) is 24.3 Å². The highest BCUT2D eigenvalue weighted by molar-refractivity contribution is 5.93. The first-order valence-electron chi connectivity index (χ1n) is 6.51. The van der Waals surface area contributed by atoms with Crippen molar-refractivity contribution >= 4 is 17.3 Å². The average molecular weight is 248 g/mol. The Morgan fingerprint density at radius 1 is 1.22 bits per heavy atom. The van der Waals surface area contributed by atoms with E-state index in [0.29, 0.717) is 0 Å². The lowest BCUT2D eigenvalue weighted by molar-refractivity contribution is -0.123. The highest BCUT2D eigenvalue weighted by Gasteiger charge is 2.12. The Bertz CT molecular complexity index is 395. The molecule has 0 saturated carbocycles. The summed E-state index contributed by atoms with van der Waals surface area (Å²) in [5.41, 5.74) is 1.92. The van der Waals surface area contributed by atoms with Gasteiger partial charge in [-0.25, -0.2) is 0 Å². The third-order valence-corrected chi connectivity index (χ3v) is 3.24. The summed E-state index contributed by atoms with van der Waals surface area (Å²) >= 11 is 0. The molecule has 0 aromatic heterocycles. The minimum atomic E-state index is -0.980. The second-order valence-corrected chi connectivity index (χ2v) is 4.76. The molecule has 1 fully saturated rings. The summed E-state index contributed by atoms with van der Waals surface area (Å²) in [5.74, 6) is -0.374. The van der Waals surface area contributed by atoms with Crippen LogP contribution in [0, 0.1) is 0 Å². The van der Waals surface area contributed by atoms with Gasteiger partial charge in [-0.15, -0.1) is 0 Å². The summed E-state index contributed by atoms with van der Waals surface area (Å²) < 4.78 is 0. The molecular weight excluding hydrogens is 228 g/mol. The average Bonchev–Trinajstić information content (AvgIpc) is 2.40. The Labute approximate surface area is 108 Å². The van der Waals surface area contributed by atoms with Crippen LogP contribution in [-0.2, 0) is 4.79 Å². The number of aliphatic hydroxyl groups is 1. The van der Waals surface area contributed by atoms with Crippen molar-refractivity contribution in [2.75, 3.05) is 23.3 Å². The molecule has 4 heteroatoms. The molecule has 1 amide bonds. The largest absolute Gasteiger partial charge is 0.384 e. The Kier molecular flexibility index (Phi) is 4.20. The molecule has 98 valence electrons. The number of amides is 1. The SMILES string of the molecule is CC(O)C(=O)Nc1ccc(N2CCCCC2)cc1. The zero-order chi connectivity index (χ0) is 13.0. The first kappa shape index (κ1) is 12.9. The van der Waals surface area contributed by atoms with Crippen molar-refractivity contribution in [1.82, 2.24) is 0 Å². The van der Waals surface area contributed by atoms with E-state index in [1.54, 1.807) is 0 Å². The van der Waals surface area contributed by atoms with E-state index < -0.39 is 6.10 Å². The van der Waals surface area contributed by atoms with Crippen LogP contribution >= 0.6 is 0 Å². The van der Waals surface area contributed by atoms with Gasteiger partial charge in [-0.1, -0.05) is 0 Å². The van der Waals surface area contributed by atoms with Crippen molar-refractivity contribution in [1.29, 1.82) is 0 Å². The fourth-order valence-electron chi connectivity index (χ4n) is 2.15. The van der Waals surface area contributed by atoms with E-state index in [-0.39, 0.29) is 5.91 Å². The number of piperidine rings is 1. The van der Waals surface area contributed by atoms with Crippen LogP contribution in [0.2, 0.25) is 0 Å². The number of carbonyl (C=O) groups excluding carboxylic acids is 1. The molecule has 1 aliphatic rings. The molecule has 0 bridgehead atoms. The van der Waals surface area contributed by atoms with Crippen LogP contribution in [0.25, 0.3) is 0 Å². The van der Waals surface area contributed by atoms with Gasteiger partial charge in [0.15, 0.2) is 0 Å². The summed E-state index contributed by atoms with van der Waals surface area (Å²) in [6.07, 6.45) is 2.84. The van der Waals surface area contributed by atoms with Crippen LogP contribution < -0.4 is 10.2 Å². The second-order valence-electron chi connectivity index (χ2n) is 4.76. The predicted octanol–water partition coefficient (Wildman–Crippen LogP) is 2.00. The maximum atomic E-state index is 11.3. The monoisotopic (exact) mass is 248 g/mol. The Hall–Kier alpha value is -1.55. The van der Waals surface area contributed by atoms with Crippen molar-refractivity contribution < 1.29 is 9.90 Å². The number of hydrogen-bond acceptors (Lipinski definition) is 3. The molecule has 0 aliphatic carbocycles. The lowest BCUT2D eigenvalue weighted by Crippen LogP contribution is -2.29. The molecular formula is C14H20N2O2. The van der Waals surface area contributed by atoms with E-state index in [4.69, 9.17) is 5.11 Å². The van der Waals surface area contributed by atoms with E-state index in [9.17, 15) is 4.79 Å². The van der Waals surface area contributed by atoms with Gasteiger partial charge in [0, 0.05) is 24.5 Å². The van der Waals surface area contributed by atoms with Gasteiger partial charge in [-0.3, -0.25) is 4.79 Å². The van der Waals surface area contributed by atoms with Gasteiger partial charge in [0.05, 0.1) is 0 Å². The molecule has 0 spiro atoms. The number of benzene rings is 1. The summed E-state index contributed by atoms with van der Waals surface area (Å²) in [5, 5.41) is 11.8. The lowest BCUT2D eigenvalue weighted by Gasteiger charge is -2.28. The van der Waals surface area contributed by atoms with Crippen LogP contribution in [0.1, 0.15) is 26.2 Å². The first-order valence-corrected chi connectivity index (χ1v) is 6.51. The van der Waals surface area contributed by atoms with Crippen LogP contribution in [-0.4, -0.2) is 30.2 Å². The first-order chi connectivity index (χ1) is 8.66. The van der Waals surface area contributed by atoms with E-state index in [0.717, 1.165) is 18.8 Å². The third-order valence-electron chi connectivity index (χ3n) is 3.24. The molecule has 18 heavy (non-hydrogen) atoms. The number of anilines is 2. The highest BCUT2D eigenvalue weighted by Crippen LogP contribution is 2.21. The van der Waals surface area contributed by atoms with E-state index in [1.807, 2.05) is 24.3 Å². The van der Waals surface area contributed by atoms with Gasteiger partial charge >= 0.3 is 0 Å². The van der Waals surface area contributed by atoms with E-state index in [2.05, 4.69) is 10.2 Å². The second kappa shape index (κ2) is 5.87. The summed E-state index contributed by atoms with van der Waals surface area (Å²) in [6.45, 7) is 3.68. The van der Waals surface area contributed by atoms with Crippen LogP contribution in [0.15, 0.2) is 24.3 Å². The number of nitrogens with zero attached hydrogens (tertiary/aromatic N) is 1.